The van der Waals surface area contributed by atoms with E-state index in [0.717, 1.165) is 39.8 Å². The molecule has 0 N–H and O–H groups in total. The summed E-state index contributed by atoms with van der Waals surface area (Å²) in [7, 11) is 17.3. The average Bonchev–Trinajstić information content (AvgIpc) is 3.61. The second kappa shape index (κ2) is 14.2. The summed E-state index contributed by atoms with van der Waals surface area (Å²) in [5.41, 5.74) is 16.7. The molecule has 1 aliphatic rings. The average molecular weight is 634 g/mol. The van der Waals surface area contributed by atoms with E-state index in [1.165, 1.54) is 65.0 Å². The molecule has 5 rings (SSSR count). The van der Waals surface area contributed by atoms with Gasteiger partial charge < -0.3 is 0 Å². The number of rotatable bonds is 8. The monoisotopic (exact) mass is 634 g/mol. The number of terminal acetylenes is 2. The molecular weight excluding hydrogens is 598 g/mol. The number of hydrogen-bond donors (Lipinski definition) is 0. The fraction of sp³-hybridized carbons (Fsp3) is 0.0811. The van der Waals surface area contributed by atoms with Crippen molar-refractivity contribution in [2.24, 2.45) is 0 Å². The largest absolute Gasteiger partial charge is 0.149 e. The molecule has 0 saturated carbocycles. The number of benzene rings is 3. The zero-order valence-corrected chi connectivity index (χ0v) is 30.4. The molecule has 4 aromatic rings. The zero-order valence-electron chi connectivity index (χ0n) is 28.9. The Balaban J connectivity index is 1.95. The Hall–Kier alpha value is -3.75. The SMILES string of the molecule is B/C(C#C)=C(B)/C(B)=C(/B)CC1(C/C(B)=C(B)\C(B)=C(\B)C#C)c2cc(Cl)ccc2-c2c(-c3ccccc3)sc(-c3ccccc3)c21. The van der Waals surface area contributed by atoms with Crippen molar-refractivity contribution in [1.29, 1.82) is 0 Å². The fourth-order valence-corrected chi connectivity index (χ4v) is 8.61. The molecule has 0 bridgehead atoms. The van der Waals surface area contributed by atoms with Gasteiger partial charge in [-0.25, -0.2) is 0 Å². The molecule has 1 aromatic heterocycles. The highest BCUT2D eigenvalue weighted by molar-refractivity contribution is 7.19. The van der Waals surface area contributed by atoms with E-state index in [9.17, 15) is 0 Å². The molecule has 220 valence electrons. The lowest BCUT2D eigenvalue weighted by atomic mass is 9.57. The molecular formula is C37H35B8ClS. The van der Waals surface area contributed by atoms with Crippen LogP contribution in [-0.4, -0.2) is 62.8 Å². The van der Waals surface area contributed by atoms with Gasteiger partial charge in [0.05, 0.1) is 0 Å². The first-order chi connectivity index (χ1) is 22.4. The molecule has 0 radical (unpaired) electrons. The lowest BCUT2D eigenvalue weighted by molar-refractivity contribution is 0.535. The molecule has 0 aliphatic heterocycles. The van der Waals surface area contributed by atoms with Crippen LogP contribution in [0.25, 0.3) is 32.0 Å². The summed E-state index contributed by atoms with van der Waals surface area (Å²) in [4.78, 5) is 2.60. The van der Waals surface area contributed by atoms with Crippen LogP contribution in [0, 0.1) is 24.7 Å². The summed E-state index contributed by atoms with van der Waals surface area (Å²) in [6, 6.07) is 28.2. The molecule has 0 atom stereocenters. The molecule has 47 heavy (non-hydrogen) atoms. The molecule has 0 unspecified atom stereocenters. The molecule has 0 nitrogen and oxygen atoms in total. The minimum absolute atomic E-state index is 0.393. The van der Waals surface area contributed by atoms with Crippen LogP contribution in [0.15, 0.2) is 123 Å². The van der Waals surface area contributed by atoms with E-state index >= 15 is 0 Å². The van der Waals surface area contributed by atoms with E-state index in [-0.39, 0.29) is 0 Å². The van der Waals surface area contributed by atoms with Crippen LogP contribution in [0.5, 0.6) is 0 Å². The topological polar surface area (TPSA) is 0 Å². The number of fused-ring (bicyclic) bond motifs is 3. The van der Waals surface area contributed by atoms with Crippen molar-refractivity contribution in [3.8, 4) is 56.7 Å². The van der Waals surface area contributed by atoms with Crippen LogP contribution in [-0.2, 0) is 5.41 Å². The minimum atomic E-state index is -0.393. The van der Waals surface area contributed by atoms with Crippen LogP contribution in [0.3, 0.4) is 0 Å². The van der Waals surface area contributed by atoms with Crippen molar-refractivity contribution >= 4 is 85.7 Å². The molecule has 1 aliphatic carbocycles. The van der Waals surface area contributed by atoms with Gasteiger partial charge in [-0.1, -0.05) is 101 Å². The zero-order chi connectivity index (χ0) is 34.0. The second-order valence-electron chi connectivity index (χ2n) is 13.0. The molecule has 0 amide bonds. The highest BCUT2D eigenvalue weighted by atomic mass is 35.5. The van der Waals surface area contributed by atoms with E-state index in [1.807, 2.05) is 33.1 Å². The van der Waals surface area contributed by atoms with Crippen LogP contribution >= 0.6 is 22.9 Å². The molecule has 3 aromatic carbocycles. The Morgan fingerprint density at radius 3 is 1.57 bits per heavy atom. The predicted octanol–water partition coefficient (Wildman–Crippen LogP) is 1.96. The summed E-state index contributed by atoms with van der Waals surface area (Å²) in [6.07, 6.45) is 13.4. The van der Waals surface area contributed by atoms with Gasteiger partial charge in [0.15, 0.2) is 0 Å². The van der Waals surface area contributed by atoms with E-state index < -0.39 is 5.41 Å². The molecule has 10 heteroatoms. The maximum atomic E-state index is 6.91. The van der Waals surface area contributed by atoms with Gasteiger partial charge in [0, 0.05) is 25.8 Å². The van der Waals surface area contributed by atoms with Gasteiger partial charge in [-0.3, -0.25) is 0 Å². The van der Waals surface area contributed by atoms with E-state index in [0.29, 0.717) is 0 Å². The van der Waals surface area contributed by atoms with Gasteiger partial charge in [0.25, 0.3) is 0 Å². The third kappa shape index (κ3) is 6.42. The van der Waals surface area contributed by atoms with Crippen molar-refractivity contribution in [3.05, 3.63) is 139 Å². The Bertz CT molecular complexity index is 2030. The Labute approximate surface area is 297 Å². The molecule has 0 fully saturated rings. The lowest BCUT2D eigenvalue weighted by Gasteiger charge is -2.36. The Morgan fingerprint density at radius 1 is 0.638 bits per heavy atom. The van der Waals surface area contributed by atoms with Gasteiger partial charge in [0.2, 0.25) is 0 Å². The standard InChI is InChI=1S/C37H35B8ClS/c1-3-25(38)31(42)33(44)27(40)18-37(19-28(41)34(45)32(43)26(39)4-2)24-17-22(46)15-16-23(24)29-30(37)36(21-13-9-6-10-14-21)47-35(29)20-11-7-5-8-12-20/h1-2,5-17H,18-19,38-45H2/b31-25-,32-26-,33-27-,34-28-. The van der Waals surface area contributed by atoms with Crippen LogP contribution < -0.4 is 0 Å². The van der Waals surface area contributed by atoms with E-state index in [1.54, 1.807) is 0 Å². The highest BCUT2D eigenvalue weighted by Crippen LogP contribution is 2.63. The Morgan fingerprint density at radius 2 is 1.11 bits per heavy atom. The minimum Gasteiger partial charge on any atom is -0.134 e. The van der Waals surface area contributed by atoms with Crippen molar-refractivity contribution in [3.63, 3.8) is 0 Å². The quantitative estimate of drug-likeness (QED) is 0.158. The number of hydrogen-bond acceptors (Lipinski definition) is 1. The van der Waals surface area contributed by atoms with Crippen molar-refractivity contribution < 1.29 is 0 Å². The fourth-order valence-electron chi connectivity index (χ4n) is 7.01. The number of halogens is 1. The first-order valence-corrected chi connectivity index (χ1v) is 17.3. The third-order valence-electron chi connectivity index (χ3n) is 10.3. The predicted molar refractivity (Wildman–Crippen MR) is 230 cm³/mol. The van der Waals surface area contributed by atoms with Gasteiger partial charge >= 0.3 is 0 Å². The smallest absolute Gasteiger partial charge is 0.134 e. The second-order valence-corrected chi connectivity index (χ2v) is 14.4. The van der Waals surface area contributed by atoms with Crippen molar-refractivity contribution in [1.82, 2.24) is 0 Å². The summed E-state index contributed by atoms with van der Waals surface area (Å²) < 4.78 is 0. The summed E-state index contributed by atoms with van der Waals surface area (Å²) >= 11 is 8.82. The maximum Gasteiger partial charge on any atom is 0.149 e. The number of thiophene rings is 1. The summed E-state index contributed by atoms with van der Waals surface area (Å²) in [6.45, 7) is 0. The third-order valence-corrected chi connectivity index (χ3v) is 11.8. The number of allylic oxidation sites excluding steroid dienone is 8. The van der Waals surface area contributed by atoms with Gasteiger partial charge in [-0.05, 0) is 63.7 Å². The van der Waals surface area contributed by atoms with E-state index in [2.05, 4.69) is 132 Å². The van der Waals surface area contributed by atoms with Crippen molar-refractivity contribution in [2.75, 3.05) is 0 Å². The summed E-state index contributed by atoms with van der Waals surface area (Å²) in [5.74, 6) is 5.74. The lowest BCUT2D eigenvalue weighted by Crippen LogP contribution is -2.29. The first-order valence-electron chi connectivity index (χ1n) is 16.1. The molecule has 1 heterocycles. The van der Waals surface area contributed by atoms with Crippen molar-refractivity contribution in [2.45, 2.75) is 18.3 Å². The Kier molecular flexibility index (Phi) is 10.4. The first kappa shape index (κ1) is 34.6. The molecule has 0 spiro atoms. The summed E-state index contributed by atoms with van der Waals surface area (Å²) in [5, 5.41) is 0.750. The van der Waals surface area contributed by atoms with Gasteiger partial charge in [-0.15, -0.1) is 46.1 Å². The normalized spacial score (nSPS) is 17.2. The maximum absolute atomic E-state index is 6.91. The van der Waals surface area contributed by atoms with Crippen LogP contribution in [0.4, 0.5) is 0 Å². The van der Waals surface area contributed by atoms with E-state index in [4.69, 9.17) is 24.4 Å². The van der Waals surface area contributed by atoms with Gasteiger partial charge in [0.1, 0.15) is 62.8 Å². The van der Waals surface area contributed by atoms with Crippen LogP contribution in [0.1, 0.15) is 24.0 Å². The van der Waals surface area contributed by atoms with Gasteiger partial charge in [-0.2, -0.15) is 0 Å². The molecule has 0 saturated heterocycles. The highest BCUT2D eigenvalue weighted by Gasteiger charge is 2.48. The van der Waals surface area contributed by atoms with Crippen LogP contribution in [0.2, 0.25) is 5.02 Å².